The van der Waals surface area contributed by atoms with E-state index in [2.05, 4.69) is 14.9 Å². The summed E-state index contributed by atoms with van der Waals surface area (Å²) < 4.78 is 0. The Morgan fingerprint density at radius 3 is 2.43 bits per heavy atom. The van der Waals surface area contributed by atoms with Crippen molar-refractivity contribution in [2.24, 2.45) is 5.11 Å². The quantitative estimate of drug-likeness (QED) is 0.210. The van der Waals surface area contributed by atoms with E-state index in [4.69, 9.17) is 35.3 Å². The first-order valence-corrected chi connectivity index (χ1v) is 9.76. The van der Waals surface area contributed by atoms with Crippen LogP contribution in [0.5, 0.6) is 0 Å². The Morgan fingerprint density at radius 2 is 1.83 bits per heavy atom. The van der Waals surface area contributed by atoms with E-state index in [1.807, 2.05) is 0 Å². The van der Waals surface area contributed by atoms with E-state index in [0.29, 0.717) is 21.4 Å². The number of anilines is 1. The maximum absolute atomic E-state index is 13.6. The van der Waals surface area contributed by atoms with Crippen molar-refractivity contribution < 1.29 is 9.59 Å². The highest BCUT2D eigenvalue weighted by molar-refractivity contribution is 6.35. The number of rotatable bonds is 4. The van der Waals surface area contributed by atoms with Gasteiger partial charge in [-0.2, -0.15) is 0 Å². The molecule has 0 bridgehead atoms. The number of carbonyl (C=O) groups excluding carboxylic acids is 2. The van der Waals surface area contributed by atoms with Crippen molar-refractivity contribution in [3.63, 3.8) is 0 Å². The van der Waals surface area contributed by atoms with Crippen LogP contribution in [0.15, 0.2) is 47.6 Å². The van der Waals surface area contributed by atoms with Crippen molar-refractivity contribution in [2.75, 3.05) is 11.4 Å². The van der Waals surface area contributed by atoms with Crippen LogP contribution < -0.4 is 4.90 Å². The maximum Gasteiger partial charge on any atom is 0.332 e. The topological polar surface area (TPSA) is 93.7 Å². The molecule has 0 N–H and O–H groups in total. The fourth-order valence-corrected chi connectivity index (χ4v) is 4.66. The molecule has 4 rings (SSSR count). The summed E-state index contributed by atoms with van der Waals surface area (Å²) in [6.07, 6.45) is 0.440. The number of hydrogen-bond acceptors (Lipinski definition) is 3. The molecular weight excluding hydrogens is 427 g/mol. The van der Waals surface area contributed by atoms with Crippen molar-refractivity contribution in [1.82, 2.24) is 4.90 Å². The van der Waals surface area contributed by atoms with Crippen LogP contribution >= 0.6 is 23.2 Å². The van der Waals surface area contributed by atoms with Crippen molar-refractivity contribution >= 4 is 46.5 Å². The maximum atomic E-state index is 13.6. The normalized spacial score (nSPS) is 22.6. The van der Waals surface area contributed by atoms with Crippen LogP contribution in [-0.4, -0.2) is 35.0 Å². The third kappa shape index (κ3) is 3.23. The molecule has 0 radical (unpaired) electrons. The molecule has 2 atom stereocenters. The smallest absolute Gasteiger partial charge is 0.308 e. The summed E-state index contributed by atoms with van der Waals surface area (Å²) in [5.74, 6) is -0.421. The Morgan fingerprint density at radius 1 is 1.17 bits per heavy atom. The van der Waals surface area contributed by atoms with Gasteiger partial charge < -0.3 is 4.90 Å². The average molecular weight is 441 g/mol. The summed E-state index contributed by atoms with van der Waals surface area (Å²) in [4.78, 5) is 35.6. The molecule has 2 unspecified atom stereocenters. The molecule has 0 spiro atoms. The molecule has 0 saturated carbocycles. The number of benzene rings is 2. The molecule has 2 heterocycles. The van der Waals surface area contributed by atoms with Crippen molar-refractivity contribution in [3.05, 3.63) is 79.9 Å². The lowest BCUT2D eigenvalue weighted by Gasteiger charge is -2.28. The van der Waals surface area contributed by atoms with Gasteiger partial charge in [0.05, 0.1) is 18.3 Å². The van der Waals surface area contributed by atoms with Crippen molar-refractivity contribution in [1.29, 1.82) is 0 Å². The Labute approximate surface area is 182 Å². The van der Waals surface area contributed by atoms with Gasteiger partial charge in [-0.3, -0.25) is 4.79 Å². The lowest BCUT2D eigenvalue weighted by molar-refractivity contribution is -0.124. The molecule has 2 aromatic carbocycles. The second-order valence-corrected chi connectivity index (χ2v) is 8.08. The molecule has 150 valence electrons. The van der Waals surface area contributed by atoms with E-state index >= 15 is 0 Å². The van der Waals surface area contributed by atoms with Crippen molar-refractivity contribution in [3.8, 4) is 0 Å². The Hall–Kier alpha value is -3.24. The number of amides is 3. The zero-order valence-electron chi connectivity index (χ0n) is 15.5. The van der Waals surface area contributed by atoms with Crippen LogP contribution in [0.4, 0.5) is 16.2 Å². The zero-order chi connectivity index (χ0) is 21.5. The first-order valence-electron chi connectivity index (χ1n) is 9.01. The van der Waals surface area contributed by atoms with E-state index in [-0.39, 0.29) is 19.4 Å². The lowest BCUT2D eigenvalue weighted by atomic mass is 9.87. The molecular formula is C20H14Cl2N6O2. The molecule has 3 amide bonds. The van der Waals surface area contributed by atoms with E-state index in [1.165, 1.54) is 23.1 Å². The third-order valence-electron chi connectivity index (χ3n) is 5.39. The standard InChI is InChI=1S/C20H14Cl2N6O2/c1-24-15-4-2-12(3-5-15)9-20-10-16(25-26-23)11-27(20)19(30)28(18(20)29)17-7-13(21)6-14(22)8-17/h2-8,16H,9-11H2. The highest BCUT2D eigenvalue weighted by Crippen LogP contribution is 2.44. The molecule has 2 aromatic rings. The number of carbonyl (C=O) groups is 2. The summed E-state index contributed by atoms with van der Waals surface area (Å²) in [6, 6.07) is 10.4. The highest BCUT2D eigenvalue weighted by atomic mass is 35.5. The molecule has 0 aromatic heterocycles. The summed E-state index contributed by atoms with van der Waals surface area (Å²) in [5.41, 5.74) is 9.22. The minimum atomic E-state index is -1.19. The highest BCUT2D eigenvalue weighted by Gasteiger charge is 2.62. The number of nitrogens with zero attached hydrogens (tertiary/aromatic N) is 6. The Kier molecular flexibility index (Phi) is 5.04. The number of halogens is 2. The van der Waals surface area contributed by atoms with Gasteiger partial charge in [-0.05, 0) is 35.7 Å². The van der Waals surface area contributed by atoms with Gasteiger partial charge in [0.15, 0.2) is 5.69 Å². The van der Waals surface area contributed by atoms with Crippen LogP contribution in [-0.2, 0) is 11.2 Å². The molecule has 0 aliphatic carbocycles. The summed E-state index contributed by atoms with van der Waals surface area (Å²) >= 11 is 12.2. The SMILES string of the molecule is [C-]#[N+]c1ccc(CC23CC(N=[N+]=[N-])CN2C(=O)N(c2cc(Cl)cc(Cl)c2)C3=O)cc1. The molecule has 2 aliphatic heterocycles. The summed E-state index contributed by atoms with van der Waals surface area (Å²) in [6.45, 7) is 7.22. The largest absolute Gasteiger partial charge is 0.332 e. The number of imide groups is 1. The van der Waals surface area contributed by atoms with Crippen LogP contribution in [0.2, 0.25) is 10.0 Å². The average Bonchev–Trinajstić information content (AvgIpc) is 3.15. The molecule has 2 aliphatic rings. The second kappa shape index (κ2) is 7.54. The van der Waals surface area contributed by atoms with Gasteiger partial charge in [-0.25, -0.2) is 14.5 Å². The minimum Gasteiger partial charge on any atom is -0.308 e. The molecule has 2 saturated heterocycles. The third-order valence-corrected chi connectivity index (χ3v) is 5.83. The van der Waals surface area contributed by atoms with Gasteiger partial charge in [-0.1, -0.05) is 52.6 Å². The zero-order valence-corrected chi connectivity index (χ0v) is 17.0. The number of fused-ring (bicyclic) bond motifs is 1. The molecule has 8 nitrogen and oxygen atoms in total. The predicted octanol–water partition coefficient (Wildman–Crippen LogP) is 5.38. The van der Waals surface area contributed by atoms with Gasteiger partial charge in [-0.15, -0.1) is 0 Å². The Bertz CT molecular complexity index is 1120. The fourth-order valence-electron chi connectivity index (χ4n) is 4.15. The fraction of sp³-hybridized carbons (Fsp3) is 0.250. The number of urea groups is 1. The van der Waals surface area contributed by atoms with E-state index in [0.717, 1.165) is 10.5 Å². The van der Waals surface area contributed by atoms with Gasteiger partial charge in [0, 0.05) is 27.9 Å². The second-order valence-electron chi connectivity index (χ2n) is 7.21. The number of azide groups is 1. The molecule has 30 heavy (non-hydrogen) atoms. The van der Waals surface area contributed by atoms with Gasteiger partial charge in [0.1, 0.15) is 5.54 Å². The van der Waals surface area contributed by atoms with Crippen molar-refractivity contribution in [2.45, 2.75) is 24.4 Å². The monoisotopic (exact) mass is 440 g/mol. The molecule has 10 heteroatoms. The first kappa shape index (κ1) is 20.0. The van der Waals surface area contributed by atoms with Crippen LogP contribution in [0.25, 0.3) is 15.3 Å². The first-order chi connectivity index (χ1) is 14.4. The number of hydrogen-bond donors (Lipinski definition) is 0. The van der Waals surface area contributed by atoms with E-state index < -0.39 is 23.5 Å². The van der Waals surface area contributed by atoms with Gasteiger partial charge in [0.2, 0.25) is 0 Å². The summed E-state index contributed by atoms with van der Waals surface area (Å²) in [5, 5.41) is 4.36. The predicted molar refractivity (Wildman–Crippen MR) is 113 cm³/mol. The van der Waals surface area contributed by atoms with Gasteiger partial charge >= 0.3 is 6.03 Å². The van der Waals surface area contributed by atoms with Crippen LogP contribution in [0.1, 0.15) is 12.0 Å². The lowest BCUT2D eigenvalue weighted by Crippen LogP contribution is -2.47. The minimum absolute atomic E-state index is 0.138. The van der Waals surface area contributed by atoms with Crippen LogP contribution in [0, 0.1) is 6.57 Å². The van der Waals surface area contributed by atoms with Crippen LogP contribution in [0.3, 0.4) is 0 Å². The van der Waals surface area contributed by atoms with E-state index in [1.54, 1.807) is 24.3 Å². The molecule has 2 fully saturated rings. The van der Waals surface area contributed by atoms with E-state index in [9.17, 15) is 9.59 Å². The summed E-state index contributed by atoms with van der Waals surface area (Å²) in [7, 11) is 0. The Balaban J connectivity index is 1.77. The van der Waals surface area contributed by atoms with Gasteiger partial charge in [0.25, 0.3) is 5.91 Å².